The molecule has 18 heavy (non-hydrogen) atoms. The van der Waals surface area contributed by atoms with Crippen LogP contribution in [0.5, 0.6) is 5.75 Å². The standard InChI is InChI=1S/C11H11F4NO.ClH/c12-8-6-7(9-2-1-5-16-9)3-4-10(8)17-11(13,14)15;/h3-4,6,9,16H,1-2,5H2;1H/t9-;/m1./s1. The average Bonchev–Trinajstić information content (AvgIpc) is 2.72. The lowest BCUT2D eigenvalue weighted by atomic mass is 10.1. The minimum absolute atomic E-state index is 0. The zero-order valence-electron chi connectivity index (χ0n) is 9.26. The molecule has 1 N–H and O–H groups in total. The molecule has 1 fully saturated rings. The third kappa shape index (κ3) is 3.74. The SMILES string of the molecule is Cl.Fc1cc([C@H]2CCCN2)ccc1OC(F)(F)F. The van der Waals surface area contributed by atoms with E-state index in [1.54, 1.807) is 0 Å². The summed E-state index contributed by atoms with van der Waals surface area (Å²) in [4.78, 5) is 0. The van der Waals surface area contributed by atoms with Gasteiger partial charge in [0.15, 0.2) is 11.6 Å². The number of hydrogen-bond acceptors (Lipinski definition) is 2. The van der Waals surface area contributed by atoms with Gasteiger partial charge in [-0.2, -0.15) is 0 Å². The second-order valence-electron chi connectivity index (χ2n) is 3.89. The van der Waals surface area contributed by atoms with Crippen LogP contribution in [-0.4, -0.2) is 12.9 Å². The Hall–Kier alpha value is -1.01. The van der Waals surface area contributed by atoms with E-state index in [-0.39, 0.29) is 18.4 Å². The summed E-state index contributed by atoms with van der Waals surface area (Å²) in [5, 5.41) is 3.14. The average molecular weight is 286 g/mol. The first kappa shape index (κ1) is 15.0. The molecule has 1 aromatic rings. The number of ether oxygens (including phenoxy) is 1. The normalized spacial score (nSPS) is 19.4. The summed E-state index contributed by atoms with van der Waals surface area (Å²) in [5.74, 6) is -1.78. The van der Waals surface area contributed by atoms with Crippen molar-refractivity contribution in [1.82, 2.24) is 5.32 Å². The second kappa shape index (κ2) is 5.75. The van der Waals surface area contributed by atoms with Crippen LogP contribution in [0.3, 0.4) is 0 Å². The fourth-order valence-electron chi connectivity index (χ4n) is 1.91. The third-order valence-corrected chi connectivity index (χ3v) is 2.64. The number of nitrogens with one attached hydrogen (secondary N) is 1. The lowest BCUT2D eigenvalue weighted by molar-refractivity contribution is -0.275. The summed E-state index contributed by atoms with van der Waals surface area (Å²) in [5.41, 5.74) is 0.648. The van der Waals surface area contributed by atoms with E-state index in [0.29, 0.717) is 5.56 Å². The third-order valence-electron chi connectivity index (χ3n) is 2.64. The molecule has 0 radical (unpaired) electrons. The van der Waals surface area contributed by atoms with Crippen molar-refractivity contribution < 1.29 is 22.3 Å². The fraction of sp³-hybridized carbons (Fsp3) is 0.455. The molecule has 0 aliphatic carbocycles. The molecule has 1 saturated heterocycles. The topological polar surface area (TPSA) is 21.3 Å². The van der Waals surface area contributed by atoms with Crippen LogP contribution in [0, 0.1) is 5.82 Å². The van der Waals surface area contributed by atoms with Gasteiger partial charge in [0.2, 0.25) is 0 Å². The molecule has 2 rings (SSSR count). The Morgan fingerprint density at radius 1 is 1.28 bits per heavy atom. The fourth-order valence-corrected chi connectivity index (χ4v) is 1.91. The first-order valence-electron chi connectivity index (χ1n) is 5.24. The van der Waals surface area contributed by atoms with Gasteiger partial charge < -0.3 is 10.1 Å². The van der Waals surface area contributed by atoms with Crippen LogP contribution in [-0.2, 0) is 0 Å². The van der Waals surface area contributed by atoms with Crippen molar-refractivity contribution in [3.8, 4) is 5.75 Å². The van der Waals surface area contributed by atoms with E-state index in [1.807, 2.05) is 0 Å². The minimum atomic E-state index is -4.87. The molecule has 2 nitrogen and oxygen atoms in total. The minimum Gasteiger partial charge on any atom is -0.403 e. The quantitative estimate of drug-likeness (QED) is 0.839. The Morgan fingerprint density at radius 2 is 2.00 bits per heavy atom. The van der Waals surface area contributed by atoms with Gasteiger partial charge >= 0.3 is 6.36 Å². The molecular formula is C11H12ClF4NO. The van der Waals surface area contributed by atoms with Crippen molar-refractivity contribution in [1.29, 1.82) is 0 Å². The highest BCUT2D eigenvalue weighted by Gasteiger charge is 2.32. The molecule has 0 amide bonds. The van der Waals surface area contributed by atoms with Gasteiger partial charge in [-0.25, -0.2) is 4.39 Å². The molecule has 1 aromatic carbocycles. The Balaban J connectivity index is 0.00000162. The van der Waals surface area contributed by atoms with Gasteiger partial charge in [0, 0.05) is 6.04 Å². The van der Waals surface area contributed by atoms with Gasteiger partial charge in [-0.3, -0.25) is 0 Å². The zero-order chi connectivity index (χ0) is 12.5. The molecule has 102 valence electrons. The molecule has 7 heteroatoms. The number of benzene rings is 1. The Morgan fingerprint density at radius 3 is 2.50 bits per heavy atom. The Bertz CT molecular complexity index is 405. The number of hydrogen-bond donors (Lipinski definition) is 1. The van der Waals surface area contributed by atoms with Crippen LogP contribution in [0.25, 0.3) is 0 Å². The molecule has 0 bridgehead atoms. The van der Waals surface area contributed by atoms with Gasteiger partial charge in [0.05, 0.1) is 0 Å². The Kier molecular flexibility index (Phi) is 4.81. The number of alkyl halides is 3. The van der Waals surface area contributed by atoms with Crippen LogP contribution < -0.4 is 10.1 Å². The summed E-state index contributed by atoms with van der Waals surface area (Å²) in [7, 11) is 0. The van der Waals surface area contributed by atoms with E-state index in [9.17, 15) is 17.6 Å². The maximum atomic E-state index is 13.4. The summed E-state index contributed by atoms with van der Waals surface area (Å²) < 4.78 is 52.7. The van der Waals surface area contributed by atoms with E-state index in [1.165, 1.54) is 6.07 Å². The van der Waals surface area contributed by atoms with Crippen LogP contribution in [0.2, 0.25) is 0 Å². The van der Waals surface area contributed by atoms with Crippen LogP contribution in [0.15, 0.2) is 18.2 Å². The summed E-state index contributed by atoms with van der Waals surface area (Å²) in [6, 6.07) is 3.57. The van der Waals surface area contributed by atoms with Crippen molar-refractivity contribution in [3.63, 3.8) is 0 Å². The molecule has 1 atom stereocenters. The number of halogens is 5. The molecule has 0 spiro atoms. The van der Waals surface area contributed by atoms with Crippen molar-refractivity contribution in [2.45, 2.75) is 25.2 Å². The lowest BCUT2D eigenvalue weighted by Crippen LogP contribution is -2.18. The maximum Gasteiger partial charge on any atom is 0.573 e. The molecule has 0 unspecified atom stereocenters. The van der Waals surface area contributed by atoms with E-state index in [2.05, 4.69) is 10.1 Å². The summed E-state index contributed by atoms with van der Waals surface area (Å²) in [6.45, 7) is 0.840. The van der Waals surface area contributed by atoms with Gasteiger partial charge in [-0.05, 0) is 37.1 Å². The van der Waals surface area contributed by atoms with E-state index >= 15 is 0 Å². The van der Waals surface area contributed by atoms with Gasteiger partial charge in [0.25, 0.3) is 0 Å². The largest absolute Gasteiger partial charge is 0.573 e. The van der Waals surface area contributed by atoms with Crippen molar-refractivity contribution in [2.75, 3.05) is 6.54 Å². The smallest absolute Gasteiger partial charge is 0.403 e. The van der Waals surface area contributed by atoms with E-state index in [0.717, 1.165) is 31.5 Å². The highest BCUT2D eigenvalue weighted by Crippen LogP contribution is 2.30. The highest BCUT2D eigenvalue weighted by molar-refractivity contribution is 5.85. The molecule has 0 saturated carbocycles. The molecule has 0 aromatic heterocycles. The first-order valence-corrected chi connectivity index (χ1v) is 5.24. The second-order valence-corrected chi connectivity index (χ2v) is 3.89. The van der Waals surface area contributed by atoms with Crippen LogP contribution in [0.1, 0.15) is 24.4 Å². The van der Waals surface area contributed by atoms with Crippen molar-refractivity contribution in [3.05, 3.63) is 29.6 Å². The van der Waals surface area contributed by atoms with Gasteiger partial charge in [0.1, 0.15) is 0 Å². The Labute approximate surface area is 108 Å². The zero-order valence-corrected chi connectivity index (χ0v) is 10.1. The van der Waals surface area contributed by atoms with Gasteiger partial charge in [-0.1, -0.05) is 6.07 Å². The first-order chi connectivity index (χ1) is 7.96. The highest BCUT2D eigenvalue weighted by atomic mass is 35.5. The van der Waals surface area contributed by atoms with E-state index in [4.69, 9.17) is 0 Å². The summed E-state index contributed by atoms with van der Waals surface area (Å²) >= 11 is 0. The van der Waals surface area contributed by atoms with Crippen molar-refractivity contribution in [2.24, 2.45) is 0 Å². The summed E-state index contributed by atoms with van der Waals surface area (Å²) in [6.07, 6.45) is -3.03. The molecule has 1 aliphatic rings. The predicted octanol–water partition coefficient (Wildman–Crippen LogP) is 3.57. The lowest BCUT2D eigenvalue weighted by Gasteiger charge is -2.13. The number of rotatable bonds is 2. The molecule has 1 heterocycles. The molecule has 1 aliphatic heterocycles. The van der Waals surface area contributed by atoms with Gasteiger partial charge in [-0.15, -0.1) is 25.6 Å². The predicted molar refractivity (Wildman–Crippen MR) is 60.3 cm³/mol. The van der Waals surface area contributed by atoms with Crippen molar-refractivity contribution >= 4 is 12.4 Å². The molecular weight excluding hydrogens is 274 g/mol. The van der Waals surface area contributed by atoms with Crippen LogP contribution in [0.4, 0.5) is 17.6 Å². The monoisotopic (exact) mass is 285 g/mol. The van der Waals surface area contributed by atoms with E-state index < -0.39 is 17.9 Å². The maximum absolute atomic E-state index is 13.4. The van der Waals surface area contributed by atoms with Crippen LogP contribution >= 0.6 is 12.4 Å².